The number of hydrogen-bond acceptors (Lipinski definition) is 4. The summed E-state index contributed by atoms with van der Waals surface area (Å²) < 4.78 is 13.2. The lowest BCUT2D eigenvalue weighted by molar-refractivity contribution is 0.00531. The van der Waals surface area contributed by atoms with E-state index in [4.69, 9.17) is 14.5 Å². The van der Waals surface area contributed by atoms with Crippen molar-refractivity contribution in [1.82, 2.24) is 14.5 Å². The lowest BCUT2D eigenvalue weighted by atomic mass is 10.1. The van der Waals surface area contributed by atoms with Crippen molar-refractivity contribution in [2.75, 3.05) is 13.2 Å². The molecule has 3 heterocycles. The zero-order valence-corrected chi connectivity index (χ0v) is 15.4. The molecule has 140 valence electrons. The number of pyridine rings is 1. The van der Waals surface area contributed by atoms with Gasteiger partial charge in [-0.2, -0.15) is 0 Å². The minimum Gasteiger partial charge on any atom is -0.454 e. The zero-order chi connectivity index (χ0) is 19.1. The first kappa shape index (κ1) is 16.8. The maximum absolute atomic E-state index is 11.8. The highest BCUT2D eigenvalue weighted by molar-refractivity contribution is 5.91. The van der Waals surface area contributed by atoms with E-state index < -0.39 is 0 Å². The maximum atomic E-state index is 11.8. The van der Waals surface area contributed by atoms with Crippen LogP contribution in [0.5, 0.6) is 11.5 Å². The quantitative estimate of drug-likeness (QED) is 0.590. The largest absolute Gasteiger partial charge is 0.454 e. The highest BCUT2D eigenvalue weighted by atomic mass is 16.5. The third-order valence-corrected chi connectivity index (χ3v) is 5.01. The molecule has 0 aliphatic carbocycles. The lowest BCUT2D eigenvalue weighted by Gasteiger charge is -2.23. The van der Waals surface area contributed by atoms with Crippen LogP contribution < -0.4 is 10.3 Å². The zero-order valence-electron chi connectivity index (χ0n) is 15.4. The number of nitrogens with zero attached hydrogens (tertiary/aromatic N) is 2. The Morgan fingerprint density at radius 2 is 1.93 bits per heavy atom. The SMILES string of the molecule is Cn1cc(-c2ccc3[nH]c(C4COC4)nc3c2Oc2ccccc2)ccc1=O. The summed E-state index contributed by atoms with van der Waals surface area (Å²) >= 11 is 0. The Hall–Kier alpha value is -3.38. The molecular weight excluding hydrogens is 354 g/mol. The van der Waals surface area contributed by atoms with Crippen LogP contribution >= 0.6 is 0 Å². The first-order chi connectivity index (χ1) is 13.7. The van der Waals surface area contributed by atoms with Gasteiger partial charge in [0.2, 0.25) is 5.56 Å². The first-order valence-corrected chi connectivity index (χ1v) is 9.19. The molecule has 28 heavy (non-hydrogen) atoms. The molecule has 2 aromatic heterocycles. The van der Waals surface area contributed by atoms with Crippen LogP contribution in [0.2, 0.25) is 0 Å². The van der Waals surface area contributed by atoms with Gasteiger partial charge < -0.3 is 19.0 Å². The van der Waals surface area contributed by atoms with Gasteiger partial charge in [0, 0.05) is 30.4 Å². The molecule has 6 nitrogen and oxygen atoms in total. The smallest absolute Gasteiger partial charge is 0.250 e. The van der Waals surface area contributed by atoms with Gasteiger partial charge in [-0.1, -0.05) is 18.2 Å². The Morgan fingerprint density at radius 1 is 1.11 bits per heavy atom. The summed E-state index contributed by atoms with van der Waals surface area (Å²) in [6.45, 7) is 1.37. The molecule has 1 saturated heterocycles. The molecule has 0 unspecified atom stereocenters. The molecule has 0 radical (unpaired) electrons. The molecule has 0 saturated carbocycles. The van der Waals surface area contributed by atoms with Crippen LogP contribution in [0.1, 0.15) is 11.7 Å². The van der Waals surface area contributed by atoms with Gasteiger partial charge in [-0.15, -0.1) is 0 Å². The number of rotatable bonds is 4. The molecule has 0 atom stereocenters. The van der Waals surface area contributed by atoms with E-state index >= 15 is 0 Å². The van der Waals surface area contributed by atoms with E-state index in [9.17, 15) is 4.79 Å². The number of benzene rings is 2. The standard InChI is InChI=1S/C22H19N3O3/c1-25-11-14(7-10-19(25)26)17-8-9-18-20(24-22(23-18)15-12-27-13-15)21(17)28-16-5-3-2-4-6-16/h2-11,15H,12-13H2,1H3,(H,23,24). The predicted octanol–water partition coefficient (Wildman–Crippen LogP) is 3.83. The van der Waals surface area contributed by atoms with Gasteiger partial charge in [0.15, 0.2) is 5.75 Å². The van der Waals surface area contributed by atoms with E-state index in [1.54, 1.807) is 17.7 Å². The Balaban J connectivity index is 1.70. The van der Waals surface area contributed by atoms with Crippen molar-refractivity contribution >= 4 is 11.0 Å². The number of aromatic nitrogens is 3. The monoisotopic (exact) mass is 373 g/mol. The summed E-state index contributed by atoms with van der Waals surface area (Å²) in [5.41, 5.74) is 3.42. The first-order valence-electron chi connectivity index (χ1n) is 9.19. The average molecular weight is 373 g/mol. The molecule has 0 bridgehead atoms. The van der Waals surface area contributed by atoms with Gasteiger partial charge in [0.05, 0.1) is 24.6 Å². The summed E-state index contributed by atoms with van der Waals surface area (Å²) in [7, 11) is 1.74. The van der Waals surface area contributed by atoms with Crippen molar-refractivity contribution in [1.29, 1.82) is 0 Å². The van der Waals surface area contributed by atoms with Crippen molar-refractivity contribution in [3.05, 3.63) is 77.0 Å². The Morgan fingerprint density at radius 3 is 2.64 bits per heavy atom. The molecule has 2 aromatic carbocycles. The van der Waals surface area contributed by atoms with Crippen molar-refractivity contribution in [3.8, 4) is 22.6 Å². The number of aromatic amines is 1. The third-order valence-electron chi connectivity index (χ3n) is 5.01. The molecule has 4 aromatic rings. The van der Waals surface area contributed by atoms with Gasteiger partial charge in [-0.25, -0.2) is 4.98 Å². The van der Waals surface area contributed by atoms with Gasteiger partial charge in [-0.05, 0) is 30.3 Å². The van der Waals surface area contributed by atoms with Crippen LogP contribution in [0, 0.1) is 0 Å². The second-order valence-electron chi connectivity index (χ2n) is 6.98. The van der Waals surface area contributed by atoms with Crippen molar-refractivity contribution < 1.29 is 9.47 Å². The van der Waals surface area contributed by atoms with Crippen molar-refractivity contribution in [2.24, 2.45) is 7.05 Å². The molecule has 1 fully saturated rings. The summed E-state index contributed by atoms with van der Waals surface area (Å²) in [6.07, 6.45) is 1.81. The number of nitrogens with one attached hydrogen (secondary N) is 1. The fraction of sp³-hybridized carbons (Fsp3) is 0.182. The Labute approximate surface area is 161 Å². The van der Waals surface area contributed by atoms with Gasteiger partial charge >= 0.3 is 0 Å². The van der Waals surface area contributed by atoms with E-state index in [1.807, 2.05) is 54.7 Å². The number of hydrogen-bond donors (Lipinski definition) is 1. The topological polar surface area (TPSA) is 69.1 Å². The van der Waals surface area contributed by atoms with Crippen LogP contribution in [-0.2, 0) is 11.8 Å². The number of para-hydroxylation sites is 1. The second-order valence-corrected chi connectivity index (χ2v) is 6.98. The molecule has 0 spiro atoms. The van der Waals surface area contributed by atoms with Crippen LogP contribution in [0.4, 0.5) is 0 Å². The summed E-state index contributed by atoms with van der Waals surface area (Å²) in [4.78, 5) is 20.0. The number of aryl methyl sites for hydroxylation is 1. The maximum Gasteiger partial charge on any atom is 0.250 e. The van der Waals surface area contributed by atoms with E-state index in [2.05, 4.69) is 4.98 Å². The van der Waals surface area contributed by atoms with Gasteiger partial charge in [-0.3, -0.25) is 4.79 Å². The fourth-order valence-corrected chi connectivity index (χ4v) is 3.35. The van der Waals surface area contributed by atoms with Gasteiger partial charge in [0.25, 0.3) is 0 Å². The molecule has 1 aliphatic rings. The van der Waals surface area contributed by atoms with E-state index in [1.165, 1.54) is 0 Å². The molecule has 0 amide bonds. The lowest BCUT2D eigenvalue weighted by Crippen LogP contribution is -2.26. The van der Waals surface area contributed by atoms with Crippen LogP contribution in [0.25, 0.3) is 22.2 Å². The molecule has 6 heteroatoms. The van der Waals surface area contributed by atoms with Crippen molar-refractivity contribution in [3.63, 3.8) is 0 Å². The molecule has 5 rings (SSSR count). The minimum atomic E-state index is -0.0533. The molecule has 1 N–H and O–H groups in total. The number of ether oxygens (including phenoxy) is 2. The number of H-pyrrole nitrogens is 1. The molecular formula is C22H19N3O3. The fourth-order valence-electron chi connectivity index (χ4n) is 3.35. The summed E-state index contributed by atoms with van der Waals surface area (Å²) in [5.74, 6) is 2.61. The predicted molar refractivity (Wildman–Crippen MR) is 107 cm³/mol. The Bertz CT molecular complexity index is 1210. The Kier molecular flexibility index (Phi) is 3.98. The summed E-state index contributed by atoms with van der Waals surface area (Å²) in [5, 5.41) is 0. The normalized spacial score (nSPS) is 14.2. The summed E-state index contributed by atoms with van der Waals surface area (Å²) in [6, 6.07) is 17.0. The van der Waals surface area contributed by atoms with E-state index in [0.29, 0.717) is 19.0 Å². The third kappa shape index (κ3) is 2.88. The molecule has 1 aliphatic heterocycles. The van der Waals surface area contributed by atoms with Crippen LogP contribution in [0.15, 0.2) is 65.6 Å². The average Bonchev–Trinajstić information content (AvgIpc) is 3.08. The second kappa shape index (κ2) is 6.65. The number of imidazole rings is 1. The van der Waals surface area contributed by atoms with Crippen LogP contribution in [0.3, 0.4) is 0 Å². The van der Waals surface area contributed by atoms with E-state index in [-0.39, 0.29) is 11.5 Å². The van der Waals surface area contributed by atoms with Gasteiger partial charge in [0.1, 0.15) is 17.1 Å². The van der Waals surface area contributed by atoms with Crippen molar-refractivity contribution in [2.45, 2.75) is 5.92 Å². The highest BCUT2D eigenvalue weighted by Gasteiger charge is 2.25. The van der Waals surface area contributed by atoms with E-state index in [0.717, 1.165) is 33.7 Å². The highest BCUT2D eigenvalue weighted by Crippen LogP contribution is 2.39. The minimum absolute atomic E-state index is 0.0533. The van der Waals surface area contributed by atoms with Crippen LogP contribution in [-0.4, -0.2) is 27.7 Å². The number of fused-ring (bicyclic) bond motifs is 1.